The van der Waals surface area contributed by atoms with Gasteiger partial charge in [0.1, 0.15) is 0 Å². The quantitative estimate of drug-likeness (QED) is 0.587. The summed E-state index contributed by atoms with van der Waals surface area (Å²) in [5.41, 5.74) is 0.939. The van der Waals surface area contributed by atoms with Crippen LogP contribution in [0.25, 0.3) is 0 Å². The summed E-state index contributed by atoms with van der Waals surface area (Å²) >= 11 is 0. The van der Waals surface area contributed by atoms with Crippen LogP contribution in [0, 0.1) is 0 Å². The fourth-order valence-corrected chi connectivity index (χ4v) is 1.44. The minimum absolute atomic E-state index is 0.276. The van der Waals surface area contributed by atoms with E-state index in [0.717, 1.165) is 37.8 Å². The first-order valence-corrected chi connectivity index (χ1v) is 4.50. The van der Waals surface area contributed by atoms with Crippen LogP contribution in [0.4, 0.5) is 0 Å². The summed E-state index contributed by atoms with van der Waals surface area (Å²) in [5.74, 6) is 0.276. The Morgan fingerprint density at radius 3 is 3.50 bits per heavy atom. The van der Waals surface area contributed by atoms with Gasteiger partial charge in [0.2, 0.25) is 0 Å². The van der Waals surface area contributed by atoms with E-state index in [1.807, 2.05) is 6.08 Å². The van der Waals surface area contributed by atoms with Crippen molar-refractivity contribution in [3.8, 4) is 0 Å². The van der Waals surface area contributed by atoms with Crippen LogP contribution in [0.1, 0.15) is 41.3 Å². The first kappa shape index (κ1) is 6.64. The molecule has 0 bridgehead atoms. The summed E-state index contributed by atoms with van der Waals surface area (Å²) in [5, 5.41) is 0. The molecule has 0 heterocycles. The molecule has 0 saturated carbocycles. The van der Waals surface area contributed by atoms with Gasteiger partial charge in [0.25, 0.3) is 0 Å². The van der Waals surface area contributed by atoms with E-state index in [0.29, 0.717) is 18.9 Å². The number of hydrogen-bond donors (Lipinski definition) is 0. The summed E-state index contributed by atoms with van der Waals surface area (Å²) in [6.45, 7) is 1.07. The summed E-state index contributed by atoms with van der Waals surface area (Å²) < 4.78 is 14.1. The third-order valence-electron chi connectivity index (χ3n) is 2.12. The van der Waals surface area contributed by atoms with Crippen LogP contribution >= 0.6 is 0 Å². The lowest BCUT2D eigenvalue weighted by Crippen LogP contribution is -2.06. The average molecular weight is 166 g/mol. The third kappa shape index (κ3) is 2.65. The number of Topliss-reactive ketones (excluding diaryl/α,β-unsaturated/α-hetero) is 1. The van der Waals surface area contributed by atoms with Crippen LogP contribution in [0.15, 0.2) is 24.3 Å². The summed E-state index contributed by atoms with van der Waals surface area (Å²) in [6, 6.07) is 0.342. The molecule has 1 aliphatic rings. The molecular formula is C11H16O. The molecule has 1 aliphatic carbocycles. The van der Waals surface area contributed by atoms with Crippen molar-refractivity contribution in [3.05, 3.63) is 24.3 Å². The van der Waals surface area contributed by atoms with Crippen molar-refractivity contribution < 1.29 is 7.54 Å². The molecule has 0 aliphatic heterocycles. The normalized spacial score (nSPS) is 21.5. The summed E-state index contributed by atoms with van der Waals surface area (Å²) in [4.78, 5) is 11.4. The van der Waals surface area contributed by atoms with Gasteiger partial charge in [-0.25, -0.2) is 0 Å². The highest BCUT2D eigenvalue weighted by Gasteiger charge is 2.11. The van der Waals surface area contributed by atoms with E-state index in [2.05, 4.69) is 0 Å². The van der Waals surface area contributed by atoms with Gasteiger partial charge in [0.05, 0.1) is 2.74 Å². The number of carbonyl (C=O) groups excluding carboxylic acids is 1. The van der Waals surface area contributed by atoms with Crippen molar-refractivity contribution in [2.75, 3.05) is 0 Å². The maximum atomic E-state index is 11.4. The Balaban J connectivity index is 2.30. The molecule has 0 N–H and O–H groups in total. The predicted molar refractivity (Wildman–Crippen MR) is 51.0 cm³/mol. The second kappa shape index (κ2) is 4.91. The second-order valence-electron chi connectivity index (χ2n) is 3.10. The Bertz CT molecular complexity index is 266. The minimum Gasteiger partial charge on any atom is -0.295 e. The topological polar surface area (TPSA) is 17.1 Å². The number of hydrogen-bond acceptors (Lipinski definition) is 1. The SMILES string of the molecule is [2H]C=C([2H])CCCC1=CCCCC1=O. The lowest BCUT2D eigenvalue weighted by Gasteiger charge is -2.10. The Morgan fingerprint density at radius 2 is 2.75 bits per heavy atom. The van der Waals surface area contributed by atoms with Crippen LogP contribution < -0.4 is 0 Å². The van der Waals surface area contributed by atoms with Crippen LogP contribution in [0.2, 0.25) is 0 Å². The highest BCUT2D eigenvalue weighted by molar-refractivity contribution is 5.95. The Hall–Kier alpha value is -0.850. The Labute approximate surface area is 77.0 Å². The van der Waals surface area contributed by atoms with Gasteiger partial charge in [0, 0.05) is 6.42 Å². The van der Waals surface area contributed by atoms with Gasteiger partial charge in [-0.2, -0.15) is 0 Å². The van der Waals surface area contributed by atoms with Crippen LogP contribution in [0.5, 0.6) is 0 Å². The minimum atomic E-state index is 0.276. The maximum absolute atomic E-state index is 11.4. The van der Waals surface area contributed by atoms with Crippen LogP contribution in [-0.2, 0) is 4.79 Å². The molecule has 0 aromatic rings. The zero-order valence-corrected chi connectivity index (χ0v) is 7.31. The molecule has 1 nitrogen and oxygen atoms in total. The van der Waals surface area contributed by atoms with Gasteiger partial charge in [-0.3, -0.25) is 4.79 Å². The fraction of sp³-hybridized carbons (Fsp3) is 0.545. The molecule has 66 valence electrons. The number of carbonyl (C=O) groups is 1. The molecule has 12 heavy (non-hydrogen) atoms. The molecule has 0 radical (unpaired) electrons. The summed E-state index contributed by atoms with van der Waals surface area (Å²) in [7, 11) is 0. The molecule has 1 heteroatoms. The molecule has 0 saturated heterocycles. The van der Waals surface area contributed by atoms with Gasteiger partial charge >= 0.3 is 0 Å². The van der Waals surface area contributed by atoms with Gasteiger partial charge in [0.15, 0.2) is 5.78 Å². The third-order valence-corrected chi connectivity index (χ3v) is 2.12. The van der Waals surface area contributed by atoms with Crippen molar-refractivity contribution in [1.29, 1.82) is 0 Å². The molecule has 1 rings (SSSR count). The number of allylic oxidation sites excluding steroid dienone is 3. The molecule has 0 atom stereocenters. The average Bonchev–Trinajstić information content (AvgIpc) is 2.20. The number of ketones is 1. The van der Waals surface area contributed by atoms with Crippen LogP contribution in [-0.4, -0.2) is 5.78 Å². The number of rotatable bonds is 4. The monoisotopic (exact) mass is 166 g/mol. The zero-order valence-electron chi connectivity index (χ0n) is 9.31. The molecule has 0 fully saturated rings. The zero-order chi connectivity index (χ0) is 10.4. The largest absolute Gasteiger partial charge is 0.295 e. The Kier molecular flexibility index (Phi) is 2.72. The first-order chi connectivity index (χ1) is 6.74. The highest BCUT2D eigenvalue weighted by atomic mass is 16.1. The van der Waals surface area contributed by atoms with E-state index >= 15 is 0 Å². The van der Waals surface area contributed by atoms with Crippen molar-refractivity contribution in [1.82, 2.24) is 0 Å². The lowest BCUT2D eigenvalue weighted by molar-refractivity contribution is -0.116. The Morgan fingerprint density at radius 1 is 1.83 bits per heavy atom. The molecule has 0 spiro atoms. The van der Waals surface area contributed by atoms with E-state index in [4.69, 9.17) is 2.74 Å². The molecular weight excluding hydrogens is 148 g/mol. The first-order valence-electron chi connectivity index (χ1n) is 5.58. The molecule has 0 amide bonds. The smallest absolute Gasteiger partial charge is 0.158 e. The molecule has 0 aromatic carbocycles. The van der Waals surface area contributed by atoms with Gasteiger partial charge in [-0.05, 0) is 37.7 Å². The molecule has 0 unspecified atom stereocenters. The van der Waals surface area contributed by atoms with Crippen molar-refractivity contribution in [2.45, 2.75) is 38.5 Å². The fourth-order valence-electron chi connectivity index (χ4n) is 1.44. The standard InChI is InChI=1S/C11H16O/c1-2-3-4-7-10-8-5-6-9-11(10)12/h2,8H,1,3-7,9H2/i1D,2D. The van der Waals surface area contributed by atoms with Crippen molar-refractivity contribution in [3.63, 3.8) is 0 Å². The maximum Gasteiger partial charge on any atom is 0.158 e. The van der Waals surface area contributed by atoms with E-state index in [-0.39, 0.29) is 5.78 Å². The van der Waals surface area contributed by atoms with Crippen LogP contribution in [0.3, 0.4) is 0 Å². The van der Waals surface area contributed by atoms with Gasteiger partial charge in [-0.1, -0.05) is 12.1 Å². The van der Waals surface area contributed by atoms with Gasteiger partial charge < -0.3 is 0 Å². The molecule has 0 aromatic heterocycles. The second-order valence-corrected chi connectivity index (χ2v) is 3.10. The van der Waals surface area contributed by atoms with E-state index in [1.54, 1.807) is 0 Å². The predicted octanol–water partition coefficient (Wildman–Crippen LogP) is 3.02. The van der Waals surface area contributed by atoms with Crippen molar-refractivity contribution in [2.24, 2.45) is 0 Å². The lowest BCUT2D eigenvalue weighted by atomic mass is 9.94. The van der Waals surface area contributed by atoms with E-state index < -0.39 is 0 Å². The highest BCUT2D eigenvalue weighted by Crippen LogP contribution is 2.18. The van der Waals surface area contributed by atoms with Gasteiger partial charge in [-0.15, -0.1) is 6.55 Å². The van der Waals surface area contributed by atoms with Crippen molar-refractivity contribution >= 4 is 5.78 Å². The summed E-state index contributed by atoms with van der Waals surface area (Å²) in [6.07, 6.45) is 6.91. The van der Waals surface area contributed by atoms with E-state index in [1.165, 1.54) is 0 Å². The van der Waals surface area contributed by atoms with E-state index in [9.17, 15) is 4.79 Å².